The maximum Gasteiger partial charge on any atom is 0.254 e. The number of aromatic nitrogens is 4. The average molecular weight is 439 g/mol. The maximum absolute atomic E-state index is 12.7. The minimum atomic E-state index is -0.0000144. The molecule has 0 saturated carbocycles. The number of fused-ring (bicyclic) bond motifs is 2. The predicted octanol–water partition coefficient (Wildman–Crippen LogP) is 3.66. The summed E-state index contributed by atoms with van der Waals surface area (Å²) in [6.45, 7) is 4.67. The Morgan fingerprint density at radius 3 is 2.80 bits per heavy atom. The van der Waals surface area contributed by atoms with Gasteiger partial charge in [-0.25, -0.2) is 4.98 Å². The van der Waals surface area contributed by atoms with E-state index in [4.69, 9.17) is 11.6 Å². The van der Waals surface area contributed by atoms with Crippen molar-refractivity contribution in [2.24, 2.45) is 0 Å². The molecule has 3 aromatic heterocycles. The van der Waals surface area contributed by atoms with Gasteiger partial charge >= 0.3 is 0 Å². The number of hydrogen-bond donors (Lipinski definition) is 0. The summed E-state index contributed by atoms with van der Waals surface area (Å²) in [5, 5.41) is 6.00. The van der Waals surface area contributed by atoms with Crippen LogP contribution in [0.1, 0.15) is 10.6 Å². The second-order valence-corrected chi connectivity index (χ2v) is 8.61. The third kappa shape index (κ3) is 3.42. The van der Waals surface area contributed by atoms with Crippen molar-refractivity contribution in [2.75, 3.05) is 31.1 Å². The fourth-order valence-electron chi connectivity index (χ4n) is 3.68. The number of halogens is 1. The normalized spacial score (nSPS) is 15.0. The van der Waals surface area contributed by atoms with Crippen LogP contribution in [0.15, 0.2) is 42.7 Å². The Hall–Kier alpha value is -2.97. The summed E-state index contributed by atoms with van der Waals surface area (Å²) in [5.41, 5.74) is 0.896. The minimum Gasteiger partial charge on any atom is -0.353 e. The highest BCUT2D eigenvalue weighted by Gasteiger charge is 2.22. The van der Waals surface area contributed by atoms with Crippen LogP contribution < -0.4 is 4.90 Å². The van der Waals surface area contributed by atoms with E-state index in [1.807, 2.05) is 48.2 Å². The van der Waals surface area contributed by atoms with E-state index in [9.17, 15) is 4.79 Å². The number of rotatable bonds is 3. The molecule has 152 valence electrons. The second-order valence-electron chi connectivity index (χ2n) is 7.15. The number of carbonyl (C=O) groups is 1. The SMILES string of the molecule is Cc1cc(N2CCN(C(=O)/C=C/c3sc4ccccc4c3Cl)CC2)n2ncnc2n1. The van der Waals surface area contributed by atoms with Gasteiger partial charge in [0.15, 0.2) is 0 Å². The van der Waals surface area contributed by atoms with Crippen LogP contribution in [-0.2, 0) is 4.79 Å². The number of nitrogens with zero attached hydrogens (tertiary/aromatic N) is 6. The highest BCUT2D eigenvalue weighted by Crippen LogP contribution is 2.35. The molecule has 4 heterocycles. The molecule has 0 spiro atoms. The molecule has 1 aliphatic heterocycles. The van der Waals surface area contributed by atoms with Gasteiger partial charge in [-0.3, -0.25) is 4.79 Å². The second kappa shape index (κ2) is 7.70. The molecule has 7 nitrogen and oxygen atoms in total. The van der Waals surface area contributed by atoms with Gasteiger partial charge in [-0.1, -0.05) is 29.8 Å². The third-order valence-corrected chi connectivity index (χ3v) is 6.87. The molecule has 1 saturated heterocycles. The summed E-state index contributed by atoms with van der Waals surface area (Å²) in [6.07, 6.45) is 4.96. The molecular weight excluding hydrogens is 420 g/mol. The van der Waals surface area contributed by atoms with Crippen molar-refractivity contribution < 1.29 is 4.79 Å². The van der Waals surface area contributed by atoms with E-state index in [1.165, 1.54) is 6.33 Å². The molecule has 0 atom stereocenters. The lowest BCUT2D eigenvalue weighted by atomic mass is 10.2. The van der Waals surface area contributed by atoms with Crippen molar-refractivity contribution in [3.05, 3.63) is 58.3 Å². The topological polar surface area (TPSA) is 66.6 Å². The Bertz CT molecular complexity index is 1270. The van der Waals surface area contributed by atoms with Crippen LogP contribution in [0.3, 0.4) is 0 Å². The quantitative estimate of drug-likeness (QED) is 0.456. The first-order valence-electron chi connectivity index (χ1n) is 9.66. The maximum atomic E-state index is 12.7. The van der Waals surface area contributed by atoms with Gasteiger partial charge in [0, 0.05) is 59.0 Å². The summed E-state index contributed by atoms with van der Waals surface area (Å²) in [7, 11) is 0. The molecule has 1 fully saturated rings. The molecule has 1 aromatic carbocycles. The summed E-state index contributed by atoms with van der Waals surface area (Å²) in [6, 6.07) is 10.0. The fraction of sp³-hybridized carbons (Fsp3) is 0.238. The third-order valence-electron chi connectivity index (χ3n) is 5.21. The molecule has 5 rings (SSSR count). The Morgan fingerprint density at radius 1 is 1.20 bits per heavy atom. The van der Waals surface area contributed by atoms with Crippen molar-refractivity contribution >= 4 is 56.6 Å². The lowest BCUT2D eigenvalue weighted by Gasteiger charge is -2.35. The van der Waals surface area contributed by atoms with E-state index in [-0.39, 0.29) is 5.91 Å². The van der Waals surface area contributed by atoms with Crippen LogP contribution in [0.5, 0.6) is 0 Å². The predicted molar refractivity (Wildman–Crippen MR) is 120 cm³/mol. The number of carbonyl (C=O) groups excluding carboxylic acids is 1. The van der Waals surface area contributed by atoms with Gasteiger partial charge in [0.05, 0.1) is 5.02 Å². The molecule has 0 unspecified atom stereocenters. The van der Waals surface area contributed by atoms with E-state index < -0.39 is 0 Å². The van der Waals surface area contributed by atoms with E-state index in [2.05, 4.69) is 20.0 Å². The van der Waals surface area contributed by atoms with Crippen LogP contribution >= 0.6 is 22.9 Å². The van der Waals surface area contributed by atoms with E-state index in [0.29, 0.717) is 23.9 Å². The lowest BCUT2D eigenvalue weighted by molar-refractivity contribution is -0.126. The van der Waals surface area contributed by atoms with Crippen molar-refractivity contribution in [3.63, 3.8) is 0 Å². The number of anilines is 1. The first-order valence-corrected chi connectivity index (χ1v) is 10.9. The molecule has 0 N–H and O–H groups in total. The first kappa shape index (κ1) is 19.0. The van der Waals surface area contributed by atoms with Crippen LogP contribution in [-0.4, -0.2) is 56.6 Å². The Kier molecular flexibility index (Phi) is 4.88. The largest absolute Gasteiger partial charge is 0.353 e. The zero-order valence-corrected chi connectivity index (χ0v) is 17.9. The van der Waals surface area contributed by atoms with Crippen molar-refractivity contribution in [1.82, 2.24) is 24.5 Å². The molecule has 30 heavy (non-hydrogen) atoms. The Morgan fingerprint density at radius 2 is 2.00 bits per heavy atom. The number of piperazine rings is 1. The number of benzene rings is 1. The molecule has 0 bridgehead atoms. The zero-order chi connectivity index (χ0) is 20.7. The summed E-state index contributed by atoms with van der Waals surface area (Å²) in [4.78, 5) is 26.3. The number of thiophene rings is 1. The molecule has 1 aliphatic rings. The lowest BCUT2D eigenvalue weighted by Crippen LogP contribution is -2.48. The number of amides is 1. The smallest absolute Gasteiger partial charge is 0.254 e. The summed E-state index contributed by atoms with van der Waals surface area (Å²) >= 11 is 8.07. The average Bonchev–Trinajstić information content (AvgIpc) is 3.36. The van der Waals surface area contributed by atoms with Crippen molar-refractivity contribution in [2.45, 2.75) is 6.92 Å². The van der Waals surface area contributed by atoms with E-state index in [1.54, 1.807) is 21.9 Å². The van der Waals surface area contributed by atoms with E-state index in [0.717, 1.165) is 39.6 Å². The molecular formula is C21H19ClN6OS. The van der Waals surface area contributed by atoms with Crippen molar-refractivity contribution in [3.8, 4) is 0 Å². The van der Waals surface area contributed by atoms with E-state index >= 15 is 0 Å². The van der Waals surface area contributed by atoms with Crippen LogP contribution in [0.25, 0.3) is 21.9 Å². The monoisotopic (exact) mass is 438 g/mol. The minimum absolute atomic E-state index is 0.0000144. The molecule has 0 aliphatic carbocycles. The van der Waals surface area contributed by atoms with Gasteiger partial charge in [0.2, 0.25) is 5.91 Å². The highest BCUT2D eigenvalue weighted by molar-refractivity contribution is 7.20. The Balaban J connectivity index is 1.28. The number of aryl methyl sites for hydroxylation is 1. The summed E-state index contributed by atoms with van der Waals surface area (Å²) < 4.78 is 2.86. The van der Waals surface area contributed by atoms with Gasteiger partial charge in [0.25, 0.3) is 5.78 Å². The summed E-state index contributed by atoms with van der Waals surface area (Å²) in [5.74, 6) is 1.54. The van der Waals surface area contributed by atoms with Crippen molar-refractivity contribution in [1.29, 1.82) is 0 Å². The molecule has 0 radical (unpaired) electrons. The molecule has 9 heteroatoms. The van der Waals surface area contributed by atoms with Gasteiger partial charge in [-0.2, -0.15) is 14.6 Å². The zero-order valence-electron chi connectivity index (χ0n) is 16.3. The molecule has 1 amide bonds. The van der Waals surface area contributed by atoms with Gasteiger partial charge < -0.3 is 9.80 Å². The fourth-order valence-corrected chi connectivity index (χ4v) is 5.08. The first-order chi connectivity index (χ1) is 14.6. The van der Waals surface area contributed by atoms with Crippen LogP contribution in [0.2, 0.25) is 5.02 Å². The van der Waals surface area contributed by atoms with Crippen LogP contribution in [0.4, 0.5) is 5.82 Å². The highest BCUT2D eigenvalue weighted by atomic mass is 35.5. The van der Waals surface area contributed by atoms with Gasteiger partial charge in [0.1, 0.15) is 12.1 Å². The Labute approximate surface area is 182 Å². The van der Waals surface area contributed by atoms with Gasteiger partial charge in [-0.05, 0) is 19.1 Å². The number of hydrogen-bond acceptors (Lipinski definition) is 6. The molecule has 4 aromatic rings. The van der Waals surface area contributed by atoms with Gasteiger partial charge in [-0.15, -0.1) is 11.3 Å². The standard InChI is InChI=1S/C21H19ClN6OS/c1-14-12-18(28-21(25-14)23-13-24-28)26-8-10-27(11-9-26)19(29)7-6-17-20(22)15-4-2-3-5-16(15)30-17/h2-7,12-13H,8-11H2,1H3/b7-6+. The van der Waals surface area contributed by atoms with Crippen LogP contribution in [0, 0.1) is 6.92 Å².